The highest BCUT2D eigenvalue weighted by molar-refractivity contribution is 8.02. The summed E-state index contributed by atoms with van der Waals surface area (Å²) in [5.74, 6) is 0.935. The largest absolute Gasteiger partial charge is 0.385 e. The van der Waals surface area contributed by atoms with Crippen molar-refractivity contribution in [3.8, 4) is 0 Å². The highest BCUT2D eigenvalue weighted by atomic mass is 35.5. The summed E-state index contributed by atoms with van der Waals surface area (Å²) in [7, 11) is 0. The number of likely N-dealkylation sites (tertiary alicyclic amines) is 1. The standard InChI is InChI=1S/C48H63ClN2S/c1-10-13-31-50-40-29-27-36-20-16-15-17-21-39(36)45(40)47(6,7)34(4)23-24-37-25-26-38(46(37)49)28-30-43-48(8,9)44(35(5)42-22-18-19-33-52-42)41(12-3)51(43)32-14-11-2/h12,15-16,18-24,27-30,33,35,42,44,50H,4,10-11,13-14,17,25-26,31-32H2,1-3,5-9H3/b24-23+,38-28+,41-12+,43-30+/t35-,42?,44?/m0/s1. The molecule has 4 aliphatic rings. The maximum atomic E-state index is 7.21. The second-order valence-electron chi connectivity index (χ2n) is 16.0. The summed E-state index contributed by atoms with van der Waals surface area (Å²) in [6.45, 7) is 25.4. The molecule has 2 unspecified atom stereocenters. The number of anilines is 1. The number of nitrogens with zero attached hydrogens (tertiary/aromatic N) is 1. The Balaban J connectivity index is 1.43. The van der Waals surface area contributed by atoms with Crippen LogP contribution >= 0.6 is 23.4 Å². The molecular weight excluding hydrogens is 672 g/mol. The minimum Gasteiger partial charge on any atom is -0.385 e. The van der Waals surface area contributed by atoms with E-state index in [-0.39, 0.29) is 10.8 Å². The van der Waals surface area contributed by atoms with Gasteiger partial charge in [-0.2, -0.15) is 0 Å². The number of unbranched alkanes of at least 4 members (excludes halogenated alkanes) is 2. The number of hydrogen-bond acceptors (Lipinski definition) is 3. The maximum Gasteiger partial charge on any atom is 0.0470 e. The molecule has 5 rings (SSSR count). The molecule has 2 aliphatic carbocycles. The fourth-order valence-corrected chi connectivity index (χ4v) is 9.89. The molecule has 0 bridgehead atoms. The Morgan fingerprint density at radius 1 is 1.12 bits per heavy atom. The van der Waals surface area contributed by atoms with E-state index in [2.05, 4.69) is 163 Å². The van der Waals surface area contributed by atoms with E-state index in [1.54, 1.807) is 0 Å². The molecule has 1 saturated heterocycles. The van der Waals surface area contributed by atoms with Crippen molar-refractivity contribution in [2.45, 2.75) is 111 Å². The zero-order valence-electron chi connectivity index (χ0n) is 33.2. The second-order valence-corrected chi connectivity index (χ2v) is 17.4. The first-order valence-corrected chi connectivity index (χ1v) is 21.1. The van der Waals surface area contributed by atoms with Gasteiger partial charge in [-0.25, -0.2) is 0 Å². The van der Waals surface area contributed by atoms with Gasteiger partial charge in [0.25, 0.3) is 0 Å². The van der Waals surface area contributed by atoms with Crippen LogP contribution in [-0.4, -0.2) is 23.2 Å². The van der Waals surface area contributed by atoms with E-state index in [9.17, 15) is 0 Å². The lowest BCUT2D eigenvalue weighted by Crippen LogP contribution is -2.37. The van der Waals surface area contributed by atoms with E-state index in [0.29, 0.717) is 17.1 Å². The number of allylic oxidation sites excluding steroid dienone is 15. The molecule has 3 atom stereocenters. The van der Waals surface area contributed by atoms with Crippen molar-refractivity contribution in [3.05, 3.63) is 134 Å². The topological polar surface area (TPSA) is 15.3 Å². The van der Waals surface area contributed by atoms with Gasteiger partial charge < -0.3 is 10.2 Å². The normalized spacial score (nSPS) is 24.2. The molecule has 0 radical (unpaired) electrons. The first-order valence-electron chi connectivity index (χ1n) is 19.8. The Morgan fingerprint density at radius 2 is 1.90 bits per heavy atom. The van der Waals surface area contributed by atoms with Gasteiger partial charge in [0.2, 0.25) is 0 Å². The van der Waals surface area contributed by atoms with Crippen molar-refractivity contribution in [1.82, 2.24) is 4.90 Å². The van der Waals surface area contributed by atoms with Crippen molar-refractivity contribution in [1.29, 1.82) is 0 Å². The molecule has 1 N–H and O–H groups in total. The summed E-state index contributed by atoms with van der Waals surface area (Å²) in [6.07, 6.45) is 34.8. The molecule has 1 aromatic carbocycles. The predicted octanol–water partition coefficient (Wildman–Crippen LogP) is 12.4. The molecule has 52 heavy (non-hydrogen) atoms. The van der Waals surface area contributed by atoms with Crippen LogP contribution in [0, 0.1) is 17.3 Å². The molecule has 0 saturated carbocycles. The fourth-order valence-electron chi connectivity index (χ4n) is 8.62. The SMILES string of the molecule is C=C(/C=C/C1=C(Cl)C(=C/C=C2/N(CCCC)/C(=C/C)C([C@@H](C)C3C=CC=CS3)C2(C)C)/CC1)C(C)(C)c1c(NCCCC)ccc2c1=CCC=CC=2. The summed E-state index contributed by atoms with van der Waals surface area (Å²) in [6, 6.07) is 4.51. The van der Waals surface area contributed by atoms with Crippen LogP contribution in [0.15, 0.2) is 118 Å². The minimum absolute atomic E-state index is 0.00633. The minimum atomic E-state index is -0.282. The first-order chi connectivity index (χ1) is 25.0. The van der Waals surface area contributed by atoms with Crippen LogP contribution < -0.4 is 15.8 Å². The van der Waals surface area contributed by atoms with E-state index in [1.165, 1.54) is 63.5 Å². The quantitative estimate of drug-likeness (QED) is 0.151. The zero-order chi connectivity index (χ0) is 37.5. The summed E-state index contributed by atoms with van der Waals surface area (Å²) < 4.78 is 0. The zero-order valence-corrected chi connectivity index (χ0v) is 34.8. The number of rotatable bonds is 14. The molecule has 0 amide bonds. The van der Waals surface area contributed by atoms with Crippen LogP contribution in [-0.2, 0) is 5.41 Å². The molecular formula is C48H63ClN2S. The highest BCUT2D eigenvalue weighted by Crippen LogP contribution is 2.55. The van der Waals surface area contributed by atoms with Gasteiger partial charge >= 0.3 is 0 Å². The van der Waals surface area contributed by atoms with Crippen molar-refractivity contribution in [2.75, 3.05) is 18.4 Å². The second kappa shape index (κ2) is 17.8. The van der Waals surface area contributed by atoms with E-state index in [1.807, 2.05) is 11.8 Å². The van der Waals surface area contributed by atoms with E-state index in [4.69, 9.17) is 11.6 Å². The van der Waals surface area contributed by atoms with Crippen molar-refractivity contribution in [3.63, 3.8) is 0 Å². The van der Waals surface area contributed by atoms with Gasteiger partial charge in [-0.1, -0.05) is 152 Å². The fraction of sp³-hybridized carbons (Fsp3) is 0.458. The number of fused-ring (bicyclic) bond motifs is 1. The summed E-state index contributed by atoms with van der Waals surface area (Å²) in [5, 5.41) is 9.97. The van der Waals surface area contributed by atoms with Crippen LogP contribution in [0.2, 0.25) is 0 Å². The van der Waals surface area contributed by atoms with E-state index < -0.39 is 0 Å². The lowest BCUT2D eigenvalue weighted by Gasteiger charge is -2.35. The molecule has 1 fully saturated rings. The lowest BCUT2D eigenvalue weighted by atomic mass is 9.70. The number of benzene rings is 1. The first kappa shape index (κ1) is 40.1. The van der Waals surface area contributed by atoms with Crippen molar-refractivity contribution < 1.29 is 0 Å². The summed E-state index contributed by atoms with van der Waals surface area (Å²) in [4.78, 5) is 2.63. The molecule has 2 aliphatic heterocycles. The van der Waals surface area contributed by atoms with Gasteiger partial charge in [-0.05, 0) is 95.2 Å². The Bertz CT molecular complexity index is 1860. The molecule has 0 spiro atoms. The van der Waals surface area contributed by atoms with Crippen LogP contribution in [0.4, 0.5) is 5.69 Å². The smallest absolute Gasteiger partial charge is 0.0470 e. The highest BCUT2D eigenvalue weighted by Gasteiger charge is 2.50. The van der Waals surface area contributed by atoms with Gasteiger partial charge in [-0.3, -0.25) is 0 Å². The average molecular weight is 736 g/mol. The molecule has 278 valence electrons. The Labute approximate surface area is 325 Å². The van der Waals surface area contributed by atoms with Gasteiger partial charge in [0.15, 0.2) is 0 Å². The van der Waals surface area contributed by atoms with Crippen molar-refractivity contribution in [2.24, 2.45) is 17.3 Å². The number of hydrogen-bond donors (Lipinski definition) is 1. The third-order valence-electron chi connectivity index (χ3n) is 11.7. The summed E-state index contributed by atoms with van der Waals surface area (Å²) in [5.41, 5.74) is 8.65. The van der Waals surface area contributed by atoms with Gasteiger partial charge in [0.05, 0.1) is 0 Å². The Hall–Kier alpha value is -3.14. The van der Waals surface area contributed by atoms with Gasteiger partial charge in [-0.15, -0.1) is 11.8 Å². The molecule has 4 heteroatoms. The number of nitrogens with one attached hydrogen (secondary N) is 1. The molecule has 0 aromatic heterocycles. The van der Waals surface area contributed by atoms with Crippen molar-refractivity contribution >= 4 is 41.2 Å². The van der Waals surface area contributed by atoms with Crippen LogP contribution in [0.5, 0.6) is 0 Å². The molecule has 2 heterocycles. The van der Waals surface area contributed by atoms with E-state index >= 15 is 0 Å². The predicted molar refractivity (Wildman–Crippen MR) is 233 cm³/mol. The number of halogens is 1. The maximum absolute atomic E-state index is 7.21. The lowest BCUT2D eigenvalue weighted by molar-refractivity contribution is 0.258. The van der Waals surface area contributed by atoms with Gasteiger partial charge in [0.1, 0.15) is 0 Å². The average Bonchev–Trinajstić information content (AvgIpc) is 3.45. The van der Waals surface area contributed by atoms with Crippen LogP contribution in [0.25, 0.3) is 12.2 Å². The third-order valence-corrected chi connectivity index (χ3v) is 13.4. The summed E-state index contributed by atoms with van der Waals surface area (Å²) >= 11 is 9.17. The third kappa shape index (κ3) is 8.47. The Kier molecular flexibility index (Phi) is 13.7. The van der Waals surface area contributed by atoms with E-state index in [0.717, 1.165) is 49.4 Å². The van der Waals surface area contributed by atoms with Crippen LogP contribution in [0.3, 0.4) is 0 Å². The van der Waals surface area contributed by atoms with Gasteiger partial charge in [0, 0.05) is 57.2 Å². The van der Waals surface area contributed by atoms with Crippen LogP contribution in [0.1, 0.15) is 106 Å². The molecule has 2 nitrogen and oxygen atoms in total. The number of thioether (sulfide) groups is 1. The molecule has 1 aromatic rings. The Morgan fingerprint density at radius 3 is 2.62 bits per heavy atom. The monoisotopic (exact) mass is 734 g/mol.